The molecule has 0 aromatic carbocycles. The number of carbonyl (C=O) groups is 1. The fourth-order valence-electron chi connectivity index (χ4n) is 2.66. The molecule has 1 aliphatic rings. The zero-order valence-corrected chi connectivity index (χ0v) is 13.9. The molecule has 0 radical (unpaired) electrons. The fraction of sp³-hybridized carbons (Fsp3) is 0.800. The molecule has 0 N–H and O–H groups in total. The van der Waals surface area contributed by atoms with Crippen LogP contribution in [0.4, 0.5) is 0 Å². The van der Waals surface area contributed by atoms with Gasteiger partial charge >= 0.3 is 0 Å². The summed E-state index contributed by atoms with van der Waals surface area (Å²) in [5.74, 6) is 1.60. The summed E-state index contributed by atoms with van der Waals surface area (Å²) in [7, 11) is 0. The number of piperazine rings is 1. The first-order valence-electron chi connectivity index (χ1n) is 8.19. The maximum Gasteiger partial charge on any atom is 0.236 e. The lowest BCUT2D eigenvalue weighted by atomic mass is 10.3. The zero-order chi connectivity index (χ0) is 15.9. The highest BCUT2D eigenvalue weighted by Crippen LogP contribution is 2.08. The fourth-order valence-corrected chi connectivity index (χ4v) is 2.66. The molecule has 22 heavy (non-hydrogen) atoms. The Balaban J connectivity index is 1.74. The molecular formula is C15H27N5O2. The molecule has 2 rings (SSSR count). The molecule has 2 heterocycles. The minimum Gasteiger partial charge on any atom is -0.424 e. The first-order valence-corrected chi connectivity index (χ1v) is 8.19. The van der Waals surface area contributed by atoms with E-state index in [9.17, 15) is 4.79 Å². The number of amides is 1. The van der Waals surface area contributed by atoms with Gasteiger partial charge in [0.05, 0.1) is 13.1 Å². The summed E-state index contributed by atoms with van der Waals surface area (Å²) in [4.78, 5) is 18.5. The molecule has 1 amide bonds. The summed E-state index contributed by atoms with van der Waals surface area (Å²) in [6.45, 7) is 12.5. The first-order chi connectivity index (χ1) is 10.7. The van der Waals surface area contributed by atoms with Crippen molar-refractivity contribution < 1.29 is 9.21 Å². The third kappa shape index (κ3) is 4.51. The van der Waals surface area contributed by atoms with Crippen LogP contribution in [-0.4, -0.2) is 76.6 Å². The average molecular weight is 309 g/mol. The Kier molecular flexibility index (Phi) is 6.33. The van der Waals surface area contributed by atoms with E-state index in [0.29, 0.717) is 24.9 Å². The van der Waals surface area contributed by atoms with Gasteiger partial charge in [0.15, 0.2) is 0 Å². The van der Waals surface area contributed by atoms with Gasteiger partial charge in [0.1, 0.15) is 0 Å². The third-order valence-electron chi connectivity index (χ3n) is 4.11. The van der Waals surface area contributed by atoms with Gasteiger partial charge in [0.2, 0.25) is 17.7 Å². The lowest BCUT2D eigenvalue weighted by molar-refractivity contribution is -0.132. The highest BCUT2D eigenvalue weighted by Gasteiger charge is 2.21. The van der Waals surface area contributed by atoms with E-state index in [0.717, 1.165) is 45.7 Å². The molecule has 1 aliphatic heterocycles. The SMILES string of the molecule is CCc1nnc(CN2CCN(CC(=O)N(CC)CC)CC2)o1. The van der Waals surface area contributed by atoms with Crippen molar-refractivity contribution in [3.63, 3.8) is 0 Å². The quantitative estimate of drug-likeness (QED) is 0.735. The van der Waals surface area contributed by atoms with Crippen LogP contribution < -0.4 is 0 Å². The van der Waals surface area contributed by atoms with E-state index in [-0.39, 0.29) is 5.91 Å². The molecule has 1 fully saturated rings. The molecule has 7 heteroatoms. The standard InChI is InChI=1S/C15H27N5O2/c1-4-13-16-17-14(22-13)11-18-7-9-19(10-8-18)12-15(21)20(5-2)6-3/h4-12H2,1-3H3. The van der Waals surface area contributed by atoms with Crippen LogP contribution in [-0.2, 0) is 17.8 Å². The number of hydrogen-bond acceptors (Lipinski definition) is 6. The zero-order valence-electron chi connectivity index (χ0n) is 13.9. The monoisotopic (exact) mass is 309 g/mol. The Morgan fingerprint density at radius 3 is 2.18 bits per heavy atom. The Labute approximate surface area is 132 Å². The molecule has 7 nitrogen and oxygen atoms in total. The first kappa shape index (κ1) is 16.9. The van der Waals surface area contributed by atoms with Crippen molar-refractivity contribution in [2.24, 2.45) is 0 Å². The Bertz CT molecular complexity index is 464. The Morgan fingerprint density at radius 1 is 1.05 bits per heavy atom. The minimum absolute atomic E-state index is 0.225. The van der Waals surface area contributed by atoms with Gasteiger partial charge < -0.3 is 9.32 Å². The van der Waals surface area contributed by atoms with E-state index in [1.54, 1.807) is 0 Å². The molecule has 1 aromatic rings. The number of rotatable bonds is 7. The third-order valence-corrected chi connectivity index (χ3v) is 4.11. The summed E-state index contributed by atoms with van der Waals surface area (Å²) in [6, 6.07) is 0. The van der Waals surface area contributed by atoms with Gasteiger partial charge in [-0.3, -0.25) is 14.6 Å². The van der Waals surface area contributed by atoms with E-state index in [1.165, 1.54) is 0 Å². The van der Waals surface area contributed by atoms with Gasteiger partial charge in [-0.1, -0.05) is 6.92 Å². The van der Waals surface area contributed by atoms with Crippen molar-refractivity contribution in [1.82, 2.24) is 24.9 Å². The normalized spacial score (nSPS) is 16.9. The van der Waals surface area contributed by atoms with Crippen LogP contribution in [0.15, 0.2) is 4.42 Å². The van der Waals surface area contributed by atoms with Crippen molar-refractivity contribution in [2.45, 2.75) is 33.7 Å². The molecule has 1 saturated heterocycles. The molecule has 0 atom stereocenters. The van der Waals surface area contributed by atoms with Gasteiger partial charge in [-0.25, -0.2) is 0 Å². The predicted molar refractivity (Wildman–Crippen MR) is 83.3 cm³/mol. The molecule has 0 unspecified atom stereocenters. The molecule has 0 aliphatic carbocycles. The lowest BCUT2D eigenvalue weighted by Crippen LogP contribution is -2.49. The van der Waals surface area contributed by atoms with Crippen LogP contribution in [0.2, 0.25) is 0 Å². The van der Waals surface area contributed by atoms with Crippen LogP contribution in [0.5, 0.6) is 0 Å². The summed E-state index contributed by atoms with van der Waals surface area (Å²) in [6.07, 6.45) is 0.772. The van der Waals surface area contributed by atoms with Crippen molar-refractivity contribution in [3.05, 3.63) is 11.8 Å². The van der Waals surface area contributed by atoms with Crippen molar-refractivity contribution in [3.8, 4) is 0 Å². The lowest BCUT2D eigenvalue weighted by Gasteiger charge is -2.34. The second kappa shape index (κ2) is 8.24. The number of aryl methyl sites for hydroxylation is 1. The van der Waals surface area contributed by atoms with Gasteiger partial charge in [-0.2, -0.15) is 0 Å². The van der Waals surface area contributed by atoms with Gasteiger partial charge in [0, 0.05) is 45.7 Å². The Hall–Kier alpha value is -1.47. The molecule has 0 spiro atoms. The number of likely N-dealkylation sites (N-methyl/N-ethyl adjacent to an activating group) is 1. The smallest absolute Gasteiger partial charge is 0.236 e. The van der Waals surface area contributed by atoms with Crippen LogP contribution >= 0.6 is 0 Å². The molecule has 1 aromatic heterocycles. The topological polar surface area (TPSA) is 65.7 Å². The number of nitrogens with zero attached hydrogens (tertiary/aromatic N) is 5. The van der Waals surface area contributed by atoms with E-state index in [1.807, 2.05) is 25.7 Å². The molecule has 0 bridgehead atoms. The second-order valence-electron chi connectivity index (χ2n) is 5.56. The molecular weight excluding hydrogens is 282 g/mol. The van der Waals surface area contributed by atoms with E-state index >= 15 is 0 Å². The highest BCUT2D eigenvalue weighted by atomic mass is 16.4. The van der Waals surface area contributed by atoms with Gasteiger partial charge in [0.25, 0.3) is 0 Å². The summed E-state index contributed by atoms with van der Waals surface area (Å²) < 4.78 is 5.55. The van der Waals surface area contributed by atoms with Crippen molar-refractivity contribution >= 4 is 5.91 Å². The number of aromatic nitrogens is 2. The summed E-state index contributed by atoms with van der Waals surface area (Å²) in [5, 5.41) is 8.05. The highest BCUT2D eigenvalue weighted by molar-refractivity contribution is 5.78. The van der Waals surface area contributed by atoms with Gasteiger partial charge in [-0.15, -0.1) is 10.2 Å². The van der Waals surface area contributed by atoms with Gasteiger partial charge in [-0.05, 0) is 13.8 Å². The maximum absolute atomic E-state index is 12.1. The molecule has 0 saturated carbocycles. The molecule has 124 valence electrons. The van der Waals surface area contributed by atoms with E-state index < -0.39 is 0 Å². The predicted octanol–water partition coefficient (Wildman–Crippen LogP) is 0.618. The van der Waals surface area contributed by atoms with E-state index in [2.05, 4.69) is 20.0 Å². The van der Waals surface area contributed by atoms with E-state index in [4.69, 9.17) is 4.42 Å². The minimum atomic E-state index is 0.225. The van der Waals surface area contributed by atoms with Crippen molar-refractivity contribution in [1.29, 1.82) is 0 Å². The Morgan fingerprint density at radius 2 is 1.64 bits per heavy atom. The van der Waals surface area contributed by atoms with Crippen LogP contribution in [0.25, 0.3) is 0 Å². The average Bonchev–Trinajstić information content (AvgIpc) is 2.98. The summed E-state index contributed by atoms with van der Waals surface area (Å²) in [5.41, 5.74) is 0. The van der Waals surface area contributed by atoms with Crippen LogP contribution in [0, 0.1) is 0 Å². The number of carbonyl (C=O) groups excluding carboxylic acids is 1. The number of hydrogen-bond donors (Lipinski definition) is 0. The second-order valence-corrected chi connectivity index (χ2v) is 5.56. The van der Waals surface area contributed by atoms with Crippen LogP contribution in [0.3, 0.4) is 0 Å². The maximum atomic E-state index is 12.1. The van der Waals surface area contributed by atoms with Crippen LogP contribution in [0.1, 0.15) is 32.6 Å². The summed E-state index contributed by atoms with van der Waals surface area (Å²) >= 11 is 0. The van der Waals surface area contributed by atoms with Crippen molar-refractivity contribution in [2.75, 3.05) is 45.8 Å². The largest absolute Gasteiger partial charge is 0.424 e.